The Morgan fingerprint density at radius 3 is 2.24 bits per heavy atom. The molecular weight excluding hydrogens is 314 g/mol. The van der Waals surface area contributed by atoms with Crippen molar-refractivity contribution < 1.29 is 13.2 Å². The molecule has 1 N–H and O–H groups in total. The van der Waals surface area contributed by atoms with E-state index in [-0.39, 0.29) is 16.5 Å². The highest BCUT2D eigenvalue weighted by Crippen LogP contribution is 2.35. The topological polar surface area (TPSA) is 83.1 Å². The maximum Gasteiger partial charge on any atom is 0.275 e. The highest BCUT2D eigenvalue weighted by atomic mass is 35.7. The second-order valence-electron chi connectivity index (χ2n) is 6.06. The number of rotatable bonds is 6. The fourth-order valence-corrected chi connectivity index (χ4v) is 3.82. The summed E-state index contributed by atoms with van der Waals surface area (Å²) in [5, 5.41) is 6.43. The molecule has 6 nitrogen and oxygen atoms in total. The van der Waals surface area contributed by atoms with Crippen LogP contribution in [0.2, 0.25) is 0 Å². The zero-order valence-electron chi connectivity index (χ0n) is 11.8. The second kappa shape index (κ2) is 5.28. The number of nitrogens with zero attached hydrogens (tertiary/aromatic N) is 2. The average Bonchev–Trinajstić information content (AvgIpc) is 3.29. The van der Waals surface area contributed by atoms with Gasteiger partial charge in [-0.05, 0) is 44.4 Å². The van der Waals surface area contributed by atoms with Crippen molar-refractivity contribution in [2.24, 2.45) is 11.8 Å². The molecule has 0 saturated heterocycles. The number of amides is 1. The number of H-pyrrole nitrogens is 1. The number of carbonyl (C=O) groups excluding carboxylic acids is 1. The monoisotopic (exact) mass is 331 g/mol. The number of nitrogens with one attached hydrogen (secondary N) is 1. The Bertz CT molecular complexity index is 648. The molecule has 0 radical (unpaired) electrons. The Kier molecular flexibility index (Phi) is 3.73. The van der Waals surface area contributed by atoms with E-state index in [1.807, 2.05) is 0 Å². The summed E-state index contributed by atoms with van der Waals surface area (Å²) in [5.41, 5.74) is 0.218. The minimum Gasteiger partial charge on any atom is -0.337 e. The van der Waals surface area contributed by atoms with E-state index in [0.29, 0.717) is 30.6 Å². The molecule has 1 heterocycles. The molecule has 21 heavy (non-hydrogen) atoms. The summed E-state index contributed by atoms with van der Waals surface area (Å²) in [4.78, 5) is 14.2. The summed E-state index contributed by atoms with van der Waals surface area (Å²) < 4.78 is 23.3. The molecule has 2 aliphatic carbocycles. The van der Waals surface area contributed by atoms with E-state index in [0.717, 1.165) is 25.7 Å². The molecule has 2 aliphatic rings. The number of aryl methyl sites for hydroxylation is 1. The van der Waals surface area contributed by atoms with Crippen molar-refractivity contribution in [1.82, 2.24) is 15.1 Å². The third-order valence-electron chi connectivity index (χ3n) is 3.98. The molecule has 0 aliphatic heterocycles. The van der Waals surface area contributed by atoms with E-state index in [2.05, 4.69) is 10.2 Å². The summed E-state index contributed by atoms with van der Waals surface area (Å²) in [6, 6.07) is 0. The zero-order valence-corrected chi connectivity index (χ0v) is 13.4. The van der Waals surface area contributed by atoms with Crippen LogP contribution in [0.1, 0.15) is 41.9 Å². The predicted molar refractivity (Wildman–Crippen MR) is 77.7 cm³/mol. The Morgan fingerprint density at radius 2 is 1.81 bits per heavy atom. The van der Waals surface area contributed by atoms with Crippen molar-refractivity contribution in [2.45, 2.75) is 37.5 Å². The molecule has 0 unspecified atom stereocenters. The van der Waals surface area contributed by atoms with Gasteiger partial charge in [0.2, 0.25) is 0 Å². The van der Waals surface area contributed by atoms with Crippen LogP contribution in [0.3, 0.4) is 0 Å². The van der Waals surface area contributed by atoms with Crippen molar-refractivity contribution in [1.29, 1.82) is 0 Å². The van der Waals surface area contributed by atoms with Gasteiger partial charge in [0.05, 0.1) is 5.69 Å². The van der Waals surface area contributed by atoms with E-state index in [1.165, 1.54) is 0 Å². The second-order valence-corrected chi connectivity index (χ2v) is 8.56. The quantitative estimate of drug-likeness (QED) is 0.807. The van der Waals surface area contributed by atoms with Gasteiger partial charge in [-0.1, -0.05) is 0 Å². The van der Waals surface area contributed by atoms with E-state index in [4.69, 9.17) is 10.7 Å². The van der Waals surface area contributed by atoms with Gasteiger partial charge >= 0.3 is 0 Å². The standard InChI is InChI=1S/C13H18ClN3O3S/c1-8-12(21(14,19)20)11(16-15-8)13(18)17(6-9-2-3-9)7-10-4-5-10/h9-10H,2-7H2,1H3,(H,15,16). The number of hydrogen-bond donors (Lipinski definition) is 1. The minimum absolute atomic E-state index is 0.0798. The first-order valence-corrected chi connectivity index (χ1v) is 9.46. The summed E-state index contributed by atoms with van der Waals surface area (Å²) in [7, 11) is 1.44. The largest absolute Gasteiger partial charge is 0.337 e. The van der Waals surface area contributed by atoms with Crippen molar-refractivity contribution in [3.63, 3.8) is 0 Å². The van der Waals surface area contributed by atoms with Crippen molar-refractivity contribution in [2.75, 3.05) is 13.1 Å². The van der Waals surface area contributed by atoms with E-state index in [9.17, 15) is 13.2 Å². The summed E-state index contributed by atoms with van der Waals surface area (Å²) in [6.07, 6.45) is 4.53. The third kappa shape index (κ3) is 3.40. The van der Waals surface area contributed by atoms with Gasteiger partial charge < -0.3 is 4.90 Å². The van der Waals surface area contributed by atoms with Crippen LogP contribution in [-0.4, -0.2) is 42.5 Å². The number of carbonyl (C=O) groups is 1. The maximum atomic E-state index is 12.7. The molecule has 8 heteroatoms. The van der Waals surface area contributed by atoms with Crippen LogP contribution < -0.4 is 0 Å². The number of aromatic nitrogens is 2. The zero-order chi connectivity index (χ0) is 15.2. The van der Waals surface area contributed by atoms with Gasteiger partial charge in [0.15, 0.2) is 5.69 Å². The van der Waals surface area contributed by atoms with E-state index < -0.39 is 9.05 Å². The lowest BCUT2D eigenvalue weighted by Gasteiger charge is -2.21. The number of aromatic amines is 1. The average molecular weight is 332 g/mol. The van der Waals surface area contributed by atoms with Crippen LogP contribution >= 0.6 is 10.7 Å². The number of hydrogen-bond acceptors (Lipinski definition) is 4. The minimum atomic E-state index is -3.99. The van der Waals surface area contributed by atoms with Gasteiger partial charge in [-0.15, -0.1) is 0 Å². The summed E-state index contributed by atoms with van der Waals surface area (Å²) in [6.45, 7) is 2.91. The number of halogens is 1. The summed E-state index contributed by atoms with van der Waals surface area (Å²) >= 11 is 0. The van der Waals surface area contributed by atoms with E-state index in [1.54, 1.807) is 11.8 Å². The predicted octanol–water partition coefficient (Wildman–Crippen LogP) is 1.91. The molecule has 3 rings (SSSR count). The Morgan fingerprint density at radius 1 is 1.29 bits per heavy atom. The van der Waals surface area contributed by atoms with Crippen LogP contribution in [0.4, 0.5) is 0 Å². The van der Waals surface area contributed by atoms with Crippen LogP contribution in [0.15, 0.2) is 4.90 Å². The molecule has 0 bridgehead atoms. The van der Waals surface area contributed by atoms with Crippen LogP contribution in [0.5, 0.6) is 0 Å². The lowest BCUT2D eigenvalue weighted by Crippen LogP contribution is -2.35. The first-order chi connectivity index (χ1) is 9.86. The highest BCUT2D eigenvalue weighted by molar-refractivity contribution is 8.13. The summed E-state index contributed by atoms with van der Waals surface area (Å²) in [5.74, 6) is 0.755. The van der Waals surface area contributed by atoms with Gasteiger partial charge in [-0.2, -0.15) is 5.10 Å². The lowest BCUT2D eigenvalue weighted by atomic mass is 10.2. The fraction of sp³-hybridized carbons (Fsp3) is 0.692. The Labute approximate surface area is 128 Å². The molecule has 1 amide bonds. The smallest absolute Gasteiger partial charge is 0.275 e. The Hall–Kier alpha value is -1.08. The van der Waals surface area contributed by atoms with Crippen molar-refractivity contribution in [3.8, 4) is 0 Å². The SMILES string of the molecule is Cc1[nH]nc(C(=O)N(CC2CC2)CC2CC2)c1S(=O)(=O)Cl. The van der Waals surface area contributed by atoms with E-state index >= 15 is 0 Å². The van der Waals surface area contributed by atoms with Crippen molar-refractivity contribution in [3.05, 3.63) is 11.4 Å². The maximum absolute atomic E-state index is 12.7. The van der Waals surface area contributed by atoms with Gasteiger partial charge in [0.25, 0.3) is 15.0 Å². The van der Waals surface area contributed by atoms with Gasteiger partial charge in [0, 0.05) is 23.8 Å². The van der Waals surface area contributed by atoms with Crippen molar-refractivity contribution >= 4 is 25.6 Å². The van der Waals surface area contributed by atoms with Crippen LogP contribution in [0.25, 0.3) is 0 Å². The molecule has 1 aromatic heterocycles. The normalized spacial score (nSPS) is 18.8. The molecule has 1 aromatic rings. The first kappa shape index (κ1) is 14.8. The van der Waals surface area contributed by atoms with Crippen LogP contribution in [0, 0.1) is 18.8 Å². The molecule has 0 atom stereocenters. The molecule has 116 valence electrons. The molecule has 2 fully saturated rings. The fourth-order valence-electron chi connectivity index (χ4n) is 2.48. The van der Waals surface area contributed by atoms with Crippen LogP contribution in [-0.2, 0) is 9.05 Å². The lowest BCUT2D eigenvalue weighted by molar-refractivity contribution is 0.0729. The van der Waals surface area contributed by atoms with Gasteiger partial charge in [0.1, 0.15) is 4.90 Å². The van der Waals surface area contributed by atoms with Gasteiger partial charge in [-0.25, -0.2) is 8.42 Å². The first-order valence-electron chi connectivity index (χ1n) is 7.15. The van der Waals surface area contributed by atoms with Gasteiger partial charge in [-0.3, -0.25) is 9.89 Å². The molecule has 0 aromatic carbocycles. The molecule has 2 saturated carbocycles. The molecular formula is C13H18ClN3O3S. The third-order valence-corrected chi connectivity index (χ3v) is 5.43. The molecule has 0 spiro atoms. The Balaban J connectivity index is 1.87. The highest BCUT2D eigenvalue weighted by Gasteiger charge is 2.35.